The second-order valence-electron chi connectivity index (χ2n) is 2.75. The van der Waals surface area contributed by atoms with Crippen molar-refractivity contribution in [3.05, 3.63) is 34.3 Å². The second kappa shape index (κ2) is 5.56. The van der Waals surface area contributed by atoms with Gasteiger partial charge in [0.05, 0.1) is 18.7 Å². The van der Waals surface area contributed by atoms with Crippen molar-refractivity contribution in [2.45, 2.75) is 0 Å². The van der Waals surface area contributed by atoms with Crippen LogP contribution in [0, 0.1) is 0 Å². The number of rotatable bonds is 3. The largest absolute Gasteiger partial charge is 0.496 e. The van der Waals surface area contributed by atoms with Gasteiger partial charge in [-0.3, -0.25) is 0 Å². The minimum absolute atomic E-state index is 0.373. The minimum Gasteiger partial charge on any atom is -0.496 e. The number of benzene rings is 1. The van der Waals surface area contributed by atoms with Crippen molar-refractivity contribution >= 4 is 28.0 Å². The van der Waals surface area contributed by atoms with Gasteiger partial charge in [-0.2, -0.15) is 0 Å². The molecule has 0 aromatic heterocycles. The molecule has 1 aromatic rings. The molecule has 0 atom stereocenters. The number of halogens is 1. The quantitative estimate of drug-likeness (QED) is 0.626. The van der Waals surface area contributed by atoms with E-state index in [4.69, 9.17) is 4.74 Å². The molecule has 0 aliphatic rings. The van der Waals surface area contributed by atoms with E-state index in [1.165, 1.54) is 13.2 Å². The molecule has 1 rings (SSSR count). The van der Waals surface area contributed by atoms with Crippen LogP contribution >= 0.6 is 15.9 Å². The summed E-state index contributed by atoms with van der Waals surface area (Å²) in [5.41, 5.74) is 0.896. The number of esters is 1. The maximum atomic E-state index is 10.8. The summed E-state index contributed by atoms with van der Waals surface area (Å²) in [6, 6.07) is 5.53. The number of carbonyl (C=O) groups excluding carboxylic acids is 1. The lowest BCUT2D eigenvalue weighted by molar-refractivity contribution is -0.134. The van der Waals surface area contributed by atoms with E-state index in [0.717, 1.165) is 15.8 Å². The van der Waals surface area contributed by atoms with E-state index < -0.39 is 0 Å². The van der Waals surface area contributed by atoms with Crippen LogP contribution < -0.4 is 4.74 Å². The number of ether oxygens (including phenoxy) is 2. The zero-order chi connectivity index (χ0) is 11.3. The molecule has 0 amide bonds. The topological polar surface area (TPSA) is 35.5 Å². The van der Waals surface area contributed by atoms with Gasteiger partial charge in [0, 0.05) is 6.08 Å². The van der Waals surface area contributed by atoms with E-state index in [9.17, 15) is 4.79 Å². The predicted octanol–water partition coefficient (Wildman–Crippen LogP) is 2.64. The van der Waals surface area contributed by atoms with Gasteiger partial charge in [0.25, 0.3) is 0 Å². The Labute approximate surface area is 96.8 Å². The lowest BCUT2D eigenvalue weighted by Gasteiger charge is -2.03. The van der Waals surface area contributed by atoms with Crippen LogP contribution in [0.15, 0.2) is 28.7 Å². The van der Waals surface area contributed by atoms with E-state index in [1.54, 1.807) is 13.2 Å². The molecule has 0 aliphatic heterocycles. The van der Waals surface area contributed by atoms with Gasteiger partial charge in [0.15, 0.2) is 0 Å². The molecule has 0 radical (unpaired) electrons. The number of hydrogen-bond acceptors (Lipinski definition) is 3. The number of carbonyl (C=O) groups is 1. The molecule has 3 nitrogen and oxygen atoms in total. The van der Waals surface area contributed by atoms with Crippen molar-refractivity contribution in [2.24, 2.45) is 0 Å². The Balaban J connectivity index is 2.84. The summed E-state index contributed by atoms with van der Waals surface area (Å²) in [5, 5.41) is 0. The van der Waals surface area contributed by atoms with Crippen LogP contribution in [0.25, 0.3) is 6.08 Å². The number of hydrogen-bond donors (Lipinski definition) is 0. The Morgan fingerprint density at radius 2 is 2.13 bits per heavy atom. The average Bonchev–Trinajstić information content (AvgIpc) is 2.26. The van der Waals surface area contributed by atoms with Crippen LogP contribution in [-0.4, -0.2) is 20.2 Å². The molecule has 0 saturated heterocycles. The first-order chi connectivity index (χ1) is 7.17. The van der Waals surface area contributed by atoms with E-state index in [1.807, 2.05) is 18.2 Å². The lowest BCUT2D eigenvalue weighted by atomic mass is 10.2. The fourth-order valence-electron chi connectivity index (χ4n) is 1.02. The van der Waals surface area contributed by atoms with Crippen LogP contribution in [0.1, 0.15) is 5.56 Å². The maximum Gasteiger partial charge on any atom is 0.330 e. The molecule has 0 unspecified atom stereocenters. The molecule has 1 aromatic carbocycles. The summed E-state index contributed by atoms with van der Waals surface area (Å²) < 4.78 is 10.4. The van der Waals surface area contributed by atoms with Gasteiger partial charge in [-0.1, -0.05) is 6.07 Å². The second-order valence-corrected chi connectivity index (χ2v) is 3.60. The number of methoxy groups -OCH3 is 2. The summed E-state index contributed by atoms with van der Waals surface area (Å²) in [6.45, 7) is 0. The molecule has 0 aliphatic carbocycles. The van der Waals surface area contributed by atoms with Crippen molar-refractivity contribution in [3.63, 3.8) is 0 Å². The predicted molar refractivity (Wildman–Crippen MR) is 61.7 cm³/mol. The Kier molecular flexibility index (Phi) is 4.37. The summed E-state index contributed by atoms with van der Waals surface area (Å²) in [7, 11) is 2.95. The zero-order valence-electron chi connectivity index (χ0n) is 8.49. The van der Waals surface area contributed by atoms with Crippen molar-refractivity contribution in [1.82, 2.24) is 0 Å². The standard InChI is InChI=1S/C11H11BrO3/c1-14-10-5-3-8(7-9(10)12)4-6-11(13)15-2/h3-7H,1-2H3. The highest BCUT2D eigenvalue weighted by Crippen LogP contribution is 2.25. The van der Waals surface area contributed by atoms with E-state index in [2.05, 4.69) is 20.7 Å². The Morgan fingerprint density at radius 1 is 1.40 bits per heavy atom. The third-order valence-electron chi connectivity index (χ3n) is 1.79. The molecular weight excluding hydrogens is 260 g/mol. The maximum absolute atomic E-state index is 10.8. The molecular formula is C11H11BrO3. The molecule has 80 valence electrons. The van der Waals surface area contributed by atoms with E-state index in [0.29, 0.717) is 0 Å². The molecule has 0 fully saturated rings. The van der Waals surface area contributed by atoms with Gasteiger partial charge >= 0.3 is 5.97 Å². The fourth-order valence-corrected chi connectivity index (χ4v) is 1.58. The van der Waals surface area contributed by atoms with Crippen LogP contribution in [0.5, 0.6) is 5.75 Å². The van der Waals surface area contributed by atoms with Gasteiger partial charge in [-0.15, -0.1) is 0 Å². The van der Waals surface area contributed by atoms with Gasteiger partial charge in [0.1, 0.15) is 5.75 Å². The highest BCUT2D eigenvalue weighted by atomic mass is 79.9. The van der Waals surface area contributed by atoms with Crippen molar-refractivity contribution in [2.75, 3.05) is 14.2 Å². The third-order valence-corrected chi connectivity index (χ3v) is 2.41. The molecule has 0 heterocycles. The smallest absolute Gasteiger partial charge is 0.330 e. The first-order valence-corrected chi connectivity index (χ1v) is 5.06. The fraction of sp³-hybridized carbons (Fsp3) is 0.182. The highest BCUT2D eigenvalue weighted by Gasteiger charge is 1.99. The van der Waals surface area contributed by atoms with Crippen LogP contribution in [0.4, 0.5) is 0 Å². The van der Waals surface area contributed by atoms with Crippen LogP contribution in [0.3, 0.4) is 0 Å². The Bertz CT molecular complexity index is 385. The molecule has 4 heteroatoms. The highest BCUT2D eigenvalue weighted by molar-refractivity contribution is 9.10. The van der Waals surface area contributed by atoms with E-state index in [-0.39, 0.29) is 5.97 Å². The molecule has 15 heavy (non-hydrogen) atoms. The third kappa shape index (κ3) is 3.40. The SMILES string of the molecule is COC(=O)C=Cc1ccc(OC)c(Br)c1. The van der Waals surface area contributed by atoms with Gasteiger partial charge < -0.3 is 9.47 Å². The van der Waals surface area contributed by atoms with Crippen molar-refractivity contribution in [3.8, 4) is 5.75 Å². The average molecular weight is 271 g/mol. The lowest BCUT2D eigenvalue weighted by Crippen LogP contribution is -1.93. The van der Waals surface area contributed by atoms with Crippen LogP contribution in [-0.2, 0) is 9.53 Å². The summed E-state index contributed by atoms with van der Waals surface area (Å²) in [5.74, 6) is 0.382. The molecule has 0 bridgehead atoms. The summed E-state index contributed by atoms with van der Waals surface area (Å²) >= 11 is 3.36. The monoisotopic (exact) mass is 270 g/mol. The minimum atomic E-state index is -0.373. The summed E-state index contributed by atoms with van der Waals surface area (Å²) in [4.78, 5) is 10.8. The Morgan fingerprint density at radius 3 is 2.67 bits per heavy atom. The van der Waals surface area contributed by atoms with Gasteiger partial charge in [-0.25, -0.2) is 4.79 Å². The molecule has 0 saturated carbocycles. The zero-order valence-corrected chi connectivity index (χ0v) is 10.1. The molecule has 0 spiro atoms. The normalized spacial score (nSPS) is 10.3. The Hall–Kier alpha value is -1.29. The van der Waals surface area contributed by atoms with Crippen molar-refractivity contribution < 1.29 is 14.3 Å². The summed E-state index contributed by atoms with van der Waals surface area (Å²) in [6.07, 6.45) is 3.05. The molecule has 0 N–H and O–H groups in total. The van der Waals surface area contributed by atoms with Crippen molar-refractivity contribution in [1.29, 1.82) is 0 Å². The first-order valence-electron chi connectivity index (χ1n) is 4.27. The van der Waals surface area contributed by atoms with Gasteiger partial charge in [-0.05, 0) is 39.7 Å². The van der Waals surface area contributed by atoms with Crippen LogP contribution in [0.2, 0.25) is 0 Å². The van der Waals surface area contributed by atoms with Gasteiger partial charge in [0.2, 0.25) is 0 Å². The first kappa shape index (κ1) is 11.8. The van der Waals surface area contributed by atoms with E-state index >= 15 is 0 Å².